The van der Waals surface area contributed by atoms with E-state index < -0.39 is 0 Å². The van der Waals surface area contributed by atoms with Crippen molar-refractivity contribution in [3.8, 4) is 0 Å². The molecule has 0 heterocycles. The van der Waals surface area contributed by atoms with Gasteiger partial charge in [0.15, 0.2) is 0 Å². The van der Waals surface area contributed by atoms with Gasteiger partial charge in [-0.3, -0.25) is 4.99 Å². The van der Waals surface area contributed by atoms with E-state index in [1.807, 2.05) is 13.8 Å². The van der Waals surface area contributed by atoms with Crippen LogP contribution in [0.4, 0.5) is 0 Å². The second kappa shape index (κ2) is 4.06. The lowest BCUT2D eigenvalue weighted by Crippen LogP contribution is -1.91. The molecule has 0 aliphatic rings. The van der Waals surface area contributed by atoms with Crippen molar-refractivity contribution in [2.75, 3.05) is 6.17 Å². The number of rotatable bonds is 2. The van der Waals surface area contributed by atoms with E-state index >= 15 is 0 Å². The fourth-order valence-electron chi connectivity index (χ4n) is 0.237. The van der Waals surface area contributed by atoms with Gasteiger partial charge >= 0.3 is 0 Å². The van der Waals surface area contributed by atoms with Gasteiger partial charge in [0.05, 0.1) is 9.52 Å². The number of nitrogens with zero attached hydrogens (tertiary/aromatic N) is 1. The summed E-state index contributed by atoms with van der Waals surface area (Å²) in [5, 5.41) is 0. The predicted octanol–water partition coefficient (Wildman–Crippen LogP) is 1.18. The highest BCUT2D eigenvalue weighted by Gasteiger charge is 1.74. The van der Waals surface area contributed by atoms with Crippen LogP contribution in [0.2, 0.25) is 6.55 Å². The van der Waals surface area contributed by atoms with Gasteiger partial charge in [0.25, 0.3) is 0 Å². The number of hydrogen-bond donors (Lipinski definition) is 0. The molecule has 0 atom stereocenters. The summed E-state index contributed by atoms with van der Waals surface area (Å²) in [6.45, 7) is 6.22. The highest BCUT2D eigenvalue weighted by molar-refractivity contribution is 6.33. The van der Waals surface area contributed by atoms with E-state index in [0.29, 0.717) is 0 Å². The molecule has 0 N–H and O–H groups in total. The first kappa shape index (κ1) is 6.89. The Kier molecular flexibility index (Phi) is 3.99. The Hall–Kier alpha value is -0.113. The highest BCUT2D eigenvalue weighted by Crippen LogP contribution is 1.71. The molecule has 0 fully saturated rings. The normalized spacial score (nSPS) is 8.43. The molecule has 0 saturated carbocycles. The maximum atomic E-state index is 4.17. The zero-order valence-corrected chi connectivity index (χ0v) is 6.15. The van der Waals surface area contributed by atoms with E-state index in [-0.39, 0.29) is 0 Å². The maximum absolute atomic E-state index is 4.17. The topological polar surface area (TPSA) is 12.4 Å². The van der Waals surface area contributed by atoms with Crippen molar-refractivity contribution in [3.63, 3.8) is 0 Å². The molecule has 1 nitrogen and oxygen atoms in total. The molecule has 7 heavy (non-hydrogen) atoms. The zero-order valence-electron chi connectivity index (χ0n) is 5.15. The average molecular weight is 113 g/mol. The van der Waals surface area contributed by atoms with Crippen LogP contribution in [0.5, 0.6) is 0 Å². The van der Waals surface area contributed by atoms with Crippen molar-refractivity contribution < 1.29 is 0 Å². The molecule has 0 bridgehead atoms. The molecule has 0 aliphatic heterocycles. The number of aliphatic imine (C=N–C) groups is 1. The van der Waals surface area contributed by atoms with E-state index in [0.717, 1.165) is 15.7 Å². The minimum absolute atomic E-state index is 0.963. The van der Waals surface area contributed by atoms with Crippen LogP contribution in [0, 0.1) is 0 Å². The maximum Gasteiger partial charge on any atom is 0.0636 e. The molecular weight excluding hydrogens is 102 g/mol. The Morgan fingerprint density at radius 1 is 1.57 bits per heavy atom. The van der Waals surface area contributed by atoms with Crippen LogP contribution in [-0.4, -0.2) is 21.4 Å². The molecule has 0 saturated heterocycles. The van der Waals surface area contributed by atoms with Gasteiger partial charge in [-0.15, -0.1) is 0 Å². The first-order valence-corrected chi connectivity index (χ1v) is 4.10. The van der Waals surface area contributed by atoms with Crippen LogP contribution in [0.1, 0.15) is 13.8 Å². The van der Waals surface area contributed by atoms with Crippen molar-refractivity contribution in [1.82, 2.24) is 0 Å². The van der Waals surface area contributed by atoms with Gasteiger partial charge in [0.1, 0.15) is 0 Å². The molecule has 0 spiro atoms. The molecule has 0 aromatic rings. The molecule has 0 unspecified atom stereocenters. The highest BCUT2D eigenvalue weighted by atomic mass is 28.2. The Balaban J connectivity index is 3.08. The lowest BCUT2D eigenvalue weighted by molar-refractivity contribution is 1.32. The first-order valence-electron chi connectivity index (χ1n) is 2.39. The van der Waals surface area contributed by atoms with E-state index in [9.17, 15) is 0 Å². The zero-order chi connectivity index (χ0) is 5.70. The van der Waals surface area contributed by atoms with Gasteiger partial charge in [0, 0.05) is 11.9 Å². The van der Waals surface area contributed by atoms with Crippen molar-refractivity contribution in [3.05, 3.63) is 0 Å². The molecule has 0 aromatic heterocycles. The fraction of sp³-hybridized carbons (Fsp3) is 0.800. The SMILES string of the molecule is C[Si]CN=C(C)C. The van der Waals surface area contributed by atoms with Crippen molar-refractivity contribution in [2.24, 2.45) is 4.99 Å². The van der Waals surface area contributed by atoms with E-state index in [1.54, 1.807) is 0 Å². The van der Waals surface area contributed by atoms with Gasteiger partial charge in [-0.1, -0.05) is 6.55 Å². The summed E-state index contributed by atoms with van der Waals surface area (Å²) in [5.41, 5.74) is 1.19. The van der Waals surface area contributed by atoms with Gasteiger partial charge in [0.2, 0.25) is 0 Å². The van der Waals surface area contributed by atoms with Crippen LogP contribution < -0.4 is 0 Å². The Morgan fingerprint density at radius 3 is 2.29 bits per heavy atom. The van der Waals surface area contributed by atoms with Crippen LogP contribution in [0.3, 0.4) is 0 Å². The van der Waals surface area contributed by atoms with Crippen LogP contribution in [0.15, 0.2) is 4.99 Å². The largest absolute Gasteiger partial charge is 0.299 e. The number of hydrogen-bond acceptors (Lipinski definition) is 1. The lowest BCUT2D eigenvalue weighted by Gasteiger charge is -1.85. The average Bonchev–Trinajstić information content (AvgIpc) is 1.61. The second-order valence-corrected chi connectivity index (χ2v) is 2.64. The van der Waals surface area contributed by atoms with Gasteiger partial charge in [-0.2, -0.15) is 0 Å². The second-order valence-electron chi connectivity index (χ2n) is 1.62. The summed E-state index contributed by atoms with van der Waals surface area (Å²) in [6.07, 6.45) is 1.02. The first-order chi connectivity index (χ1) is 3.27. The molecule has 2 heteroatoms. The van der Waals surface area contributed by atoms with Crippen LogP contribution in [-0.2, 0) is 0 Å². The van der Waals surface area contributed by atoms with Crippen LogP contribution >= 0.6 is 0 Å². The standard InChI is InChI=1S/C5H11NSi/c1-5(2)6-4-7-3/h4H2,1-3H3. The molecule has 0 rings (SSSR count). The van der Waals surface area contributed by atoms with Crippen molar-refractivity contribution >= 4 is 15.2 Å². The fourth-order valence-corrected chi connectivity index (χ4v) is 0.712. The third-order valence-electron chi connectivity index (χ3n) is 0.553. The molecule has 0 amide bonds. The predicted molar refractivity (Wildman–Crippen MR) is 35.3 cm³/mol. The Bertz CT molecular complexity index is 64.5. The summed E-state index contributed by atoms with van der Waals surface area (Å²) in [6, 6.07) is 0. The summed E-state index contributed by atoms with van der Waals surface area (Å²) in [5.74, 6) is 0. The summed E-state index contributed by atoms with van der Waals surface area (Å²) in [4.78, 5) is 4.17. The van der Waals surface area contributed by atoms with Crippen LogP contribution in [0.25, 0.3) is 0 Å². The third kappa shape index (κ3) is 5.89. The molecular formula is C5H11NSi. The molecule has 0 aromatic carbocycles. The van der Waals surface area contributed by atoms with Gasteiger partial charge in [-0.05, 0) is 13.8 Å². The monoisotopic (exact) mass is 113 g/mol. The summed E-state index contributed by atoms with van der Waals surface area (Å²) < 4.78 is 0. The van der Waals surface area contributed by atoms with Crippen molar-refractivity contribution in [2.45, 2.75) is 20.4 Å². The van der Waals surface area contributed by atoms with E-state index in [4.69, 9.17) is 0 Å². The van der Waals surface area contributed by atoms with Crippen molar-refractivity contribution in [1.29, 1.82) is 0 Å². The smallest absolute Gasteiger partial charge is 0.0636 e. The molecule has 0 aliphatic carbocycles. The van der Waals surface area contributed by atoms with E-state index in [1.165, 1.54) is 5.71 Å². The Labute approximate surface area is 47.7 Å². The van der Waals surface area contributed by atoms with Gasteiger partial charge < -0.3 is 0 Å². The van der Waals surface area contributed by atoms with E-state index in [2.05, 4.69) is 11.5 Å². The Morgan fingerprint density at radius 2 is 2.14 bits per heavy atom. The molecule has 40 valence electrons. The third-order valence-corrected chi connectivity index (χ3v) is 1.03. The lowest BCUT2D eigenvalue weighted by atomic mass is 10.5. The summed E-state index contributed by atoms with van der Waals surface area (Å²) in [7, 11) is 0.963. The quantitative estimate of drug-likeness (QED) is 0.376. The summed E-state index contributed by atoms with van der Waals surface area (Å²) >= 11 is 0. The minimum atomic E-state index is 0.963. The minimum Gasteiger partial charge on any atom is -0.299 e. The molecule has 2 radical (unpaired) electrons. The van der Waals surface area contributed by atoms with Gasteiger partial charge in [-0.25, -0.2) is 0 Å².